The van der Waals surface area contributed by atoms with Crippen LogP contribution >= 0.6 is 0 Å². The Morgan fingerprint density at radius 3 is 1.03 bits per heavy atom. The maximum absolute atomic E-state index is 2.31. The highest BCUT2D eigenvalue weighted by molar-refractivity contribution is 5.62. The first-order valence-corrected chi connectivity index (χ1v) is 10.3. The Hall–Kier alpha value is -3.12. The molecule has 0 saturated heterocycles. The normalized spacial score (nSPS) is 12.0. The van der Waals surface area contributed by atoms with Crippen molar-refractivity contribution in [3.8, 4) is 0 Å². The van der Waals surface area contributed by atoms with Gasteiger partial charge in [0.2, 0.25) is 0 Å². The summed E-state index contributed by atoms with van der Waals surface area (Å²) in [6.45, 7) is 6.91. The Bertz CT molecular complexity index is 958. The highest BCUT2D eigenvalue weighted by atomic mass is 14.4. The average Bonchev–Trinajstić information content (AvgIpc) is 2.76. The summed E-state index contributed by atoms with van der Waals surface area (Å²) in [5.41, 5.74) is 6.22. The molecule has 0 aliphatic carbocycles. The highest BCUT2D eigenvalue weighted by Crippen LogP contribution is 2.48. The maximum atomic E-state index is 2.31. The first-order chi connectivity index (χ1) is 14.0. The van der Waals surface area contributed by atoms with Gasteiger partial charge in [-0.25, -0.2) is 0 Å². The van der Waals surface area contributed by atoms with Gasteiger partial charge < -0.3 is 0 Å². The van der Waals surface area contributed by atoms with Crippen molar-refractivity contribution in [3.63, 3.8) is 0 Å². The predicted octanol–water partition coefficient (Wildman–Crippen LogP) is 7.37. The van der Waals surface area contributed by atoms with E-state index in [0.717, 1.165) is 0 Å². The van der Waals surface area contributed by atoms with Gasteiger partial charge in [-0.15, -0.1) is 0 Å². The molecule has 0 amide bonds. The van der Waals surface area contributed by atoms with E-state index in [4.69, 9.17) is 0 Å². The molecule has 0 spiro atoms. The topological polar surface area (TPSA) is 0 Å². The summed E-state index contributed by atoms with van der Waals surface area (Å²) < 4.78 is 0. The molecule has 0 nitrogen and oxygen atoms in total. The van der Waals surface area contributed by atoms with Crippen molar-refractivity contribution in [1.82, 2.24) is 0 Å². The van der Waals surface area contributed by atoms with Crippen LogP contribution in [0.2, 0.25) is 0 Å². The molecule has 4 aromatic rings. The third-order valence-corrected chi connectivity index (χ3v) is 5.76. The van der Waals surface area contributed by atoms with E-state index in [1.54, 1.807) is 0 Å². The van der Waals surface area contributed by atoms with Crippen LogP contribution < -0.4 is 0 Å². The van der Waals surface area contributed by atoms with Crippen LogP contribution in [0.4, 0.5) is 0 Å². The minimum atomic E-state index is -0.381. The Morgan fingerprint density at radius 1 is 0.379 bits per heavy atom. The molecule has 4 aromatic carbocycles. The molecule has 0 heteroatoms. The van der Waals surface area contributed by atoms with E-state index in [9.17, 15) is 0 Å². The van der Waals surface area contributed by atoms with Gasteiger partial charge in [-0.05, 0) is 33.2 Å². The molecule has 0 N–H and O–H groups in total. The van der Waals surface area contributed by atoms with E-state index >= 15 is 0 Å². The van der Waals surface area contributed by atoms with E-state index in [2.05, 4.69) is 136 Å². The molecular weight excluding hydrogens is 348 g/mol. The first kappa shape index (κ1) is 19.2. The first-order valence-electron chi connectivity index (χ1n) is 10.3. The molecule has 0 unspecified atom stereocenters. The minimum absolute atomic E-state index is 0.0280. The van der Waals surface area contributed by atoms with Crippen molar-refractivity contribution in [2.24, 2.45) is 0 Å². The summed E-state index contributed by atoms with van der Waals surface area (Å²) in [7, 11) is 0. The Balaban J connectivity index is 2.20. The minimum Gasteiger partial charge on any atom is -0.0622 e. The van der Waals surface area contributed by atoms with Crippen LogP contribution in [-0.2, 0) is 10.8 Å². The predicted molar refractivity (Wildman–Crippen MR) is 123 cm³/mol. The fourth-order valence-electron chi connectivity index (χ4n) is 4.50. The summed E-state index contributed by atoms with van der Waals surface area (Å²) in [5.74, 6) is 0. The molecule has 0 heterocycles. The Kier molecular flexibility index (Phi) is 5.11. The van der Waals surface area contributed by atoms with Gasteiger partial charge in [0.05, 0.1) is 5.41 Å². The fourth-order valence-corrected chi connectivity index (χ4v) is 4.50. The van der Waals surface area contributed by atoms with Crippen molar-refractivity contribution >= 4 is 0 Å². The summed E-state index contributed by atoms with van der Waals surface area (Å²) >= 11 is 0. The summed E-state index contributed by atoms with van der Waals surface area (Å²) in [4.78, 5) is 0. The Morgan fingerprint density at radius 2 is 0.690 bits per heavy atom. The van der Waals surface area contributed by atoms with Gasteiger partial charge in [-0.1, -0.05) is 136 Å². The van der Waals surface area contributed by atoms with E-state index in [1.807, 2.05) is 0 Å². The van der Waals surface area contributed by atoms with Gasteiger partial charge in [0.15, 0.2) is 0 Å². The molecule has 29 heavy (non-hydrogen) atoms. The molecule has 144 valence electrons. The lowest BCUT2D eigenvalue weighted by Gasteiger charge is -2.40. The van der Waals surface area contributed by atoms with E-state index in [0.29, 0.717) is 0 Å². The van der Waals surface area contributed by atoms with E-state index < -0.39 is 0 Å². The van der Waals surface area contributed by atoms with Crippen LogP contribution in [0.3, 0.4) is 0 Å². The van der Waals surface area contributed by atoms with Crippen LogP contribution in [0, 0.1) is 0 Å². The SMILES string of the molecule is CC(C)(C)c1ccccc1C(c1ccccc1)(c1ccccc1)c1ccccc1. The molecular formula is C29H28. The number of rotatable bonds is 4. The molecule has 0 fully saturated rings. The van der Waals surface area contributed by atoms with Crippen LogP contribution in [0.1, 0.15) is 48.6 Å². The molecule has 0 saturated carbocycles. The lowest BCUT2D eigenvalue weighted by atomic mass is 9.62. The summed E-state index contributed by atoms with van der Waals surface area (Å²) in [5, 5.41) is 0. The van der Waals surface area contributed by atoms with Crippen LogP contribution in [0.5, 0.6) is 0 Å². The summed E-state index contributed by atoms with van der Waals surface area (Å²) in [6.07, 6.45) is 0. The Labute approximate surface area is 174 Å². The average molecular weight is 377 g/mol. The zero-order valence-corrected chi connectivity index (χ0v) is 17.5. The maximum Gasteiger partial charge on any atom is 0.0704 e. The second kappa shape index (κ2) is 7.72. The van der Waals surface area contributed by atoms with Gasteiger partial charge in [0, 0.05) is 0 Å². The third kappa shape index (κ3) is 3.40. The fraction of sp³-hybridized carbons (Fsp3) is 0.172. The quantitative estimate of drug-likeness (QED) is 0.326. The van der Waals surface area contributed by atoms with Crippen LogP contribution in [0.15, 0.2) is 115 Å². The third-order valence-electron chi connectivity index (χ3n) is 5.76. The zero-order chi connectivity index (χ0) is 20.3. The second-order valence-electron chi connectivity index (χ2n) is 8.64. The molecule has 0 aliphatic rings. The van der Waals surface area contributed by atoms with E-state index in [1.165, 1.54) is 27.8 Å². The molecule has 0 aromatic heterocycles. The van der Waals surface area contributed by atoms with Crippen molar-refractivity contribution in [2.45, 2.75) is 31.6 Å². The second-order valence-corrected chi connectivity index (χ2v) is 8.64. The number of hydrogen-bond acceptors (Lipinski definition) is 0. The van der Waals surface area contributed by atoms with Gasteiger partial charge in [0.1, 0.15) is 0 Å². The smallest absolute Gasteiger partial charge is 0.0622 e. The van der Waals surface area contributed by atoms with Crippen molar-refractivity contribution in [2.75, 3.05) is 0 Å². The van der Waals surface area contributed by atoms with Crippen molar-refractivity contribution < 1.29 is 0 Å². The highest BCUT2D eigenvalue weighted by Gasteiger charge is 2.40. The number of benzene rings is 4. The van der Waals surface area contributed by atoms with Crippen molar-refractivity contribution in [1.29, 1.82) is 0 Å². The zero-order valence-electron chi connectivity index (χ0n) is 17.5. The molecule has 0 atom stereocenters. The largest absolute Gasteiger partial charge is 0.0704 e. The van der Waals surface area contributed by atoms with Crippen LogP contribution in [-0.4, -0.2) is 0 Å². The van der Waals surface area contributed by atoms with E-state index in [-0.39, 0.29) is 10.8 Å². The molecule has 0 radical (unpaired) electrons. The van der Waals surface area contributed by atoms with Gasteiger partial charge >= 0.3 is 0 Å². The van der Waals surface area contributed by atoms with Gasteiger partial charge in [0.25, 0.3) is 0 Å². The standard InChI is InChI=1S/C29H28/c1-28(2,3)26-21-13-14-22-27(26)29(23-15-7-4-8-16-23,24-17-9-5-10-18-24)25-19-11-6-12-20-25/h4-22H,1-3H3. The lowest BCUT2D eigenvalue weighted by Crippen LogP contribution is -2.34. The molecule has 0 bridgehead atoms. The van der Waals surface area contributed by atoms with Gasteiger partial charge in [-0.2, -0.15) is 0 Å². The lowest BCUT2D eigenvalue weighted by molar-refractivity contribution is 0.569. The summed E-state index contributed by atoms with van der Waals surface area (Å²) in [6, 6.07) is 41.7. The molecule has 0 aliphatic heterocycles. The number of hydrogen-bond donors (Lipinski definition) is 0. The van der Waals surface area contributed by atoms with Crippen molar-refractivity contribution in [3.05, 3.63) is 143 Å². The molecule has 4 rings (SSSR count). The van der Waals surface area contributed by atoms with Gasteiger partial charge in [-0.3, -0.25) is 0 Å². The monoisotopic (exact) mass is 376 g/mol. The van der Waals surface area contributed by atoms with Crippen LogP contribution in [0.25, 0.3) is 0 Å².